The number of carbonyl (C=O) groups excluding carboxylic acids is 1. The number of aliphatic hydroxyl groups is 3. The molecule has 0 saturated carbocycles. The van der Waals surface area contributed by atoms with E-state index in [9.17, 15) is 20.1 Å². The Hall–Kier alpha value is -3.13. The maximum Gasteiger partial charge on any atom is 0.254 e. The van der Waals surface area contributed by atoms with E-state index in [2.05, 4.69) is 25.4 Å². The topological polar surface area (TPSA) is 186 Å². The molecular formula is C16H22N8O5. The van der Waals surface area contributed by atoms with Crippen LogP contribution in [0.4, 0.5) is 5.82 Å². The van der Waals surface area contributed by atoms with Crippen molar-refractivity contribution < 1.29 is 24.9 Å². The number of hydrogen-bond donors (Lipinski definition) is 5. The first-order valence-electron chi connectivity index (χ1n) is 8.64. The Balaban J connectivity index is 1.93. The van der Waals surface area contributed by atoms with Crippen molar-refractivity contribution in [3.63, 3.8) is 0 Å². The number of rotatable bonds is 8. The Morgan fingerprint density at radius 3 is 2.79 bits per heavy atom. The van der Waals surface area contributed by atoms with E-state index in [1.54, 1.807) is 0 Å². The van der Waals surface area contributed by atoms with E-state index >= 15 is 0 Å². The molecule has 0 aliphatic carbocycles. The summed E-state index contributed by atoms with van der Waals surface area (Å²) in [5.41, 5.74) is 6.89. The Kier molecular flexibility index (Phi) is 6.03. The van der Waals surface area contributed by atoms with Gasteiger partial charge in [-0.25, -0.2) is 9.67 Å². The van der Waals surface area contributed by atoms with E-state index in [1.165, 1.54) is 42.1 Å². The highest BCUT2D eigenvalue weighted by molar-refractivity contribution is 5.93. The van der Waals surface area contributed by atoms with Crippen LogP contribution in [0.1, 0.15) is 10.4 Å². The zero-order chi connectivity index (χ0) is 21.1. The average molecular weight is 406 g/mol. The molecule has 0 aliphatic heterocycles. The minimum atomic E-state index is -1.33. The smallest absolute Gasteiger partial charge is 0.254 e. The summed E-state index contributed by atoms with van der Waals surface area (Å²) in [6.07, 6.45) is 0.663. The fourth-order valence-electron chi connectivity index (χ4n) is 2.76. The van der Waals surface area contributed by atoms with Gasteiger partial charge in [0.05, 0.1) is 31.2 Å². The zero-order valence-electron chi connectivity index (χ0n) is 15.8. The van der Waals surface area contributed by atoms with Crippen molar-refractivity contribution in [3.05, 3.63) is 24.3 Å². The lowest BCUT2D eigenvalue weighted by atomic mass is 10.1. The minimum absolute atomic E-state index is 0.0842. The molecule has 1 amide bonds. The van der Waals surface area contributed by atoms with Crippen LogP contribution in [-0.4, -0.2) is 89.6 Å². The van der Waals surface area contributed by atoms with Crippen molar-refractivity contribution in [1.82, 2.24) is 34.6 Å². The molecule has 13 heteroatoms. The van der Waals surface area contributed by atoms with E-state index in [0.29, 0.717) is 16.7 Å². The molecule has 0 saturated heterocycles. The van der Waals surface area contributed by atoms with Gasteiger partial charge in [0.2, 0.25) is 0 Å². The summed E-state index contributed by atoms with van der Waals surface area (Å²) >= 11 is 0. The Morgan fingerprint density at radius 1 is 1.38 bits per heavy atom. The first kappa shape index (κ1) is 20.6. The number of hydrogen-bond acceptors (Lipinski definition) is 10. The van der Waals surface area contributed by atoms with Gasteiger partial charge in [-0.2, -0.15) is 15.1 Å². The van der Waals surface area contributed by atoms with Crippen LogP contribution in [0.15, 0.2) is 18.7 Å². The molecule has 0 aromatic carbocycles. The van der Waals surface area contributed by atoms with Gasteiger partial charge in [-0.3, -0.25) is 4.79 Å². The lowest BCUT2D eigenvalue weighted by Crippen LogP contribution is -2.42. The van der Waals surface area contributed by atoms with Gasteiger partial charge in [0.1, 0.15) is 23.8 Å². The molecule has 0 bridgehead atoms. The molecule has 13 nitrogen and oxygen atoms in total. The SMILES string of the molecule is CNC(=O)c1cnn(-c2nc(N)c3ncn(C[C@H](O)[C@H](O)[C@@H](CO)OC)c3n2)c1. The summed E-state index contributed by atoms with van der Waals surface area (Å²) in [6, 6.07) is 0. The molecule has 6 N–H and O–H groups in total. The summed E-state index contributed by atoms with van der Waals surface area (Å²) in [6.45, 7) is -0.540. The van der Waals surface area contributed by atoms with Gasteiger partial charge < -0.3 is 35.7 Å². The maximum atomic E-state index is 11.7. The Labute approximate surface area is 164 Å². The van der Waals surface area contributed by atoms with Crippen molar-refractivity contribution in [3.8, 4) is 5.95 Å². The molecular weight excluding hydrogens is 384 g/mol. The van der Waals surface area contributed by atoms with Crippen molar-refractivity contribution in [2.75, 3.05) is 26.5 Å². The largest absolute Gasteiger partial charge is 0.394 e. The highest BCUT2D eigenvalue weighted by Crippen LogP contribution is 2.19. The van der Waals surface area contributed by atoms with Gasteiger partial charge in [0.25, 0.3) is 11.9 Å². The lowest BCUT2D eigenvalue weighted by Gasteiger charge is -2.24. The van der Waals surface area contributed by atoms with Crippen LogP contribution in [0.3, 0.4) is 0 Å². The number of nitrogens with one attached hydrogen (secondary N) is 1. The van der Waals surface area contributed by atoms with Gasteiger partial charge in [-0.1, -0.05) is 0 Å². The number of nitrogens with zero attached hydrogens (tertiary/aromatic N) is 6. The number of methoxy groups -OCH3 is 1. The summed E-state index contributed by atoms with van der Waals surface area (Å²) in [4.78, 5) is 24.4. The van der Waals surface area contributed by atoms with E-state index in [4.69, 9.17) is 10.5 Å². The summed E-state index contributed by atoms with van der Waals surface area (Å²) in [7, 11) is 2.82. The highest BCUT2D eigenvalue weighted by atomic mass is 16.5. The van der Waals surface area contributed by atoms with Crippen LogP contribution in [0.2, 0.25) is 0 Å². The zero-order valence-corrected chi connectivity index (χ0v) is 15.8. The Bertz CT molecular complexity index is 999. The second-order valence-electron chi connectivity index (χ2n) is 6.25. The third kappa shape index (κ3) is 4.02. The van der Waals surface area contributed by atoms with Crippen LogP contribution in [-0.2, 0) is 11.3 Å². The number of nitrogen functional groups attached to an aromatic ring is 1. The van der Waals surface area contributed by atoms with Crippen LogP contribution >= 0.6 is 0 Å². The normalized spacial score (nSPS) is 14.7. The fraction of sp³-hybridized carbons (Fsp3) is 0.438. The fourth-order valence-corrected chi connectivity index (χ4v) is 2.76. The molecule has 3 aromatic rings. The summed E-state index contributed by atoms with van der Waals surface area (Å²) in [5.74, 6) is -0.128. The Morgan fingerprint density at radius 2 is 2.14 bits per heavy atom. The number of amides is 1. The lowest BCUT2D eigenvalue weighted by molar-refractivity contribution is -0.0959. The number of aromatic nitrogens is 6. The molecule has 0 spiro atoms. The van der Waals surface area contributed by atoms with Gasteiger partial charge in [-0.15, -0.1) is 0 Å². The van der Waals surface area contributed by atoms with E-state index in [-0.39, 0.29) is 24.2 Å². The molecule has 0 radical (unpaired) electrons. The van der Waals surface area contributed by atoms with Crippen molar-refractivity contribution in [1.29, 1.82) is 0 Å². The van der Waals surface area contributed by atoms with Crippen molar-refractivity contribution in [2.24, 2.45) is 0 Å². The minimum Gasteiger partial charge on any atom is -0.394 e. The first-order valence-corrected chi connectivity index (χ1v) is 8.64. The van der Waals surface area contributed by atoms with E-state index in [1.807, 2.05) is 0 Å². The summed E-state index contributed by atoms with van der Waals surface area (Å²) < 4.78 is 7.71. The molecule has 3 heterocycles. The highest BCUT2D eigenvalue weighted by Gasteiger charge is 2.27. The van der Waals surface area contributed by atoms with Gasteiger partial charge in [0.15, 0.2) is 11.5 Å². The van der Waals surface area contributed by atoms with E-state index in [0.717, 1.165) is 0 Å². The van der Waals surface area contributed by atoms with Gasteiger partial charge in [-0.05, 0) is 0 Å². The second kappa shape index (κ2) is 8.48. The quantitative estimate of drug-likeness (QED) is 0.272. The molecule has 0 fully saturated rings. The molecule has 3 atom stereocenters. The van der Waals surface area contributed by atoms with Crippen molar-refractivity contribution >= 4 is 22.9 Å². The van der Waals surface area contributed by atoms with Crippen molar-refractivity contribution in [2.45, 2.75) is 24.9 Å². The van der Waals surface area contributed by atoms with Crippen LogP contribution in [0.25, 0.3) is 17.1 Å². The molecule has 156 valence electrons. The second-order valence-corrected chi connectivity index (χ2v) is 6.25. The third-order valence-corrected chi connectivity index (χ3v) is 4.40. The maximum absolute atomic E-state index is 11.7. The number of anilines is 1. The summed E-state index contributed by atoms with van der Waals surface area (Å²) in [5, 5.41) is 36.2. The number of imidazole rings is 1. The predicted octanol–water partition coefficient (Wildman–Crippen LogP) is -2.32. The molecule has 3 aromatic heterocycles. The van der Waals surface area contributed by atoms with Gasteiger partial charge >= 0.3 is 0 Å². The van der Waals surface area contributed by atoms with Gasteiger partial charge in [0, 0.05) is 20.4 Å². The molecule has 0 unspecified atom stereocenters. The predicted molar refractivity (Wildman–Crippen MR) is 100 cm³/mol. The number of fused-ring (bicyclic) bond motifs is 1. The van der Waals surface area contributed by atoms with Crippen LogP contribution in [0.5, 0.6) is 0 Å². The third-order valence-electron chi connectivity index (χ3n) is 4.40. The number of ether oxygens (including phenoxy) is 1. The molecule has 0 aliphatic rings. The number of carbonyl (C=O) groups is 1. The molecule has 29 heavy (non-hydrogen) atoms. The van der Waals surface area contributed by atoms with Crippen LogP contribution in [0, 0.1) is 0 Å². The first-order chi connectivity index (χ1) is 13.9. The number of nitrogens with two attached hydrogens (primary N) is 1. The van der Waals surface area contributed by atoms with E-state index < -0.39 is 24.9 Å². The number of aliphatic hydroxyl groups excluding tert-OH is 3. The average Bonchev–Trinajstić information content (AvgIpc) is 3.36. The van der Waals surface area contributed by atoms with Crippen LogP contribution < -0.4 is 11.1 Å². The standard InChI is InChI=1S/C16H22N8O5/c1-18-15(28)8-3-20-24(4-8)16-21-13(17)11-14(22-16)23(7-19-11)5-9(26)12(27)10(6-25)29-2/h3-4,7,9-10,12,25-27H,5-6H2,1-2H3,(H,18,28)(H2,17,21,22)/t9-,10+,12-/m0/s1. The monoisotopic (exact) mass is 406 g/mol. The molecule has 3 rings (SSSR count).